The van der Waals surface area contributed by atoms with Crippen molar-refractivity contribution in [3.05, 3.63) is 34.9 Å². The maximum absolute atomic E-state index is 11.2. The molecule has 0 aromatic heterocycles. The summed E-state index contributed by atoms with van der Waals surface area (Å²) < 4.78 is 5.81. The summed E-state index contributed by atoms with van der Waals surface area (Å²) in [5.41, 5.74) is 3.11. The smallest absolute Gasteiger partial charge is 0.159 e. The van der Waals surface area contributed by atoms with Crippen molar-refractivity contribution < 1.29 is 9.53 Å². The topological polar surface area (TPSA) is 38.3 Å². The third-order valence-electron chi connectivity index (χ3n) is 3.33. The Hall–Kier alpha value is -1.19. The minimum atomic E-state index is -0.0926. The van der Waals surface area contributed by atoms with Gasteiger partial charge in [0.1, 0.15) is 5.60 Å². The van der Waals surface area contributed by atoms with Crippen LogP contribution in [-0.2, 0) is 16.9 Å². The molecule has 78 valence electrons. The van der Waals surface area contributed by atoms with Crippen molar-refractivity contribution in [3.63, 3.8) is 0 Å². The van der Waals surface area contributed by atoms with E-state index in [1.165, 1.54) is 11.1 Å². The number of nitrogens with one attached hydrogen (secondary N) is 1. The lowest BCUT2D eigenvalue weighted by atomic mass is 9.86. The summed E-state index contributed by atoms with van der Waals surface area (Å²) in [4.78, 5) is 11.2. The molecule has 0 atom stereocenters. The van der Waals surface area contributed by atoms with Gasteiger partial charge in [0, 0.05) is 18.7 Å². The van der Waals surface area contributed by atoms with Crippen molar-refractivity contribution in [3.8, 4) is 0 Å². The molecule has 1 spiro atoms. The van der Waals surface area contributed by atoms with Crippen molar-refractivity contribution in [2.45, 2.75) is 19.1 Å². The van der Waals surface area contributed by atoms with E-state index in [2.05, 4.69) is 5.32 Å². The first kappa shape index (κ1) is 9.07. The van der Waals surface area contributed by atoms with E-state index in [1.54, 1.807) is 6.92 Å². The highest BCUT2D eigenvalue weighted by atomic mass is 16.5. The fourth-order valence-electron chi connectivity index (χ4n) is 2.31. The van der Waals surface area contributed by atoms with E-state index < -0.39 is 0 Å². The zero-order valence-corrected chi connectivity index (χ0v) is 8.67. The summed E-state index contributed by atoms with van der Waals surface area (Å²) >= 11 is 0. The number of carbonyl (C=O) groups excluding carboxylic acids is 1. The largest absolute Gasteiger partial charge is 0.363 e. The van der Waals surface area contributed by atoms with E-state index in [9.17, 15) is 4.79 Å². The van der Waals surface area contributed by atoms with E-state index >= 15 is 0 Å². The summed E-state index contributed by atoms with van der Waals surface area (Å²) in [6, 6.07) is 5.90. The molecule has 1 fully saturated rings. The molecule has 2 aliphatic rings. The molecule has 3 heteroatoms. The number of fused-ring (bicyclic) bond motifs is 2. The van der Waals surface area contributed by atoms with Crippen LogP contribution in [0.2, 0.25) is 0 Å². The number of ketones is 1. The molecule has 1 aromatic carbocycles. The molecule has 0 aliphatic carbocycles. The Morgan fingerprint density at radius 1 is 1.47 bits per heavy atom. The number of hydrogen-bond acceptors (Lipinski definition) is 3. The van der Waals surface area contributed by atoms with Gasteiger partial charge >= 0.3 is 0 Å². The molecular formula is C12H13NO2. The Morgan fingerprint density at radius 2 is 2.27 bits per heavy atom. The number of benzene rings is 1. The molecule has 1 N–H and O–H groups in total. The predicted octanol–water partition coefficient (Wildman–Crippen LogP) is 1.22. The normalized spacial score (nSPS) is 21.1. The molecule has 15 heavy (non-hydrogen) atoms. The number of hydrogen-bond donors (Lipinski definition) is 1. The Kier molecular flexibility index (Phi) is 1.75. The first-order valence-electron chi connectivity index (χ1n) is 5.20. The average Bonchev–Trinajstić information content (AvgIpc) is 2.54. The van der Waals surface area contributed by atoms with Gasteiger partial charge in [-0.25, -0.2) is 0 Å². The number of rotatable bonds is 1. The van der Waals surface area contributed by atoms with Crippen LogP contribution in [0.15, 0.2) is 18.2 Å². The summed E-state index contributed by atoms with van der Waals surface area (Å²) in [6.45, 7) is 4.01. The molecular weight excluding hydrogens is 190 g/mol. The molecule has 3 rings (SSSR count). The molecule has 0 amide bonds. The van der Waals surface area contributed by atoms with Gasteiger partial charge in [-0.1, -0.05) is 12.1 Å². The molecule has 0 bridgehead atoms. The number of ether oxygens (including phenoxy) is 1. The van der Waals surface area contributed by atoms with Gasteiger partial charge in [-0.05, 0) is 24.1 Å². The first-order valence-corrected chi connectivity index (χ1v) is 5.20. The number of carbonyl (C=O) groups is 1. The fourth-order valence-corrected chi connectivity index (χ4v) is 2.31. The van der Waals surface area contributed by atoms with E-state index in [0.29, 0.717) is 6.61 Å². The van der Waals surface area contributed by atoms with E-state index in [-0.39, 0.29) is 11.4 Å². The third kappa shape index (κ3) is 1.17. The lowest BCUT2D eigenvalue weighted by Gasteiger charge is -2.39. The van der Waals surface area contributed by atoms with E-state index in [1.807, 2.05) is 18.2 Å². The second-order valence-electron chi connectivity index (χ2n) is 4.31. The zero-order chi connectivity index (χ0) is 10.5. The van der Waals surface area contributed by atoms with Crippen molar-refractivity contribution >= 4 is 5.78 Å². The first-order chi connectivity index (χ1) is 7.21. The summed E-state index contributed by atoms with van der Waals surface area (Å²) in [6.07, 6.45) is 0. The fraction of sp³-hybridized carbons (Fsp3) is 0.417. The number of Topliss-reactive ketones (excluding diaryl/α,β-unsaturated/α-hetero) is 1. The molecule has 2 aliphatic heterocycles. The van der Waals surface area contributed by atoms with Gasteiger partial charge in [0.2, 0.25) is 0 Å². The van der Waals surface area contributed by atoms with Gasteiger partial charge in [-0.15, -0.1) is 0 Å². The third-order valence-corrected chi connectivity index (χ3v) is 3.33. The molecule has 1 aromatic rings. The molecule has 0 saturated carbocycles. The second-order valence-corrected chi connectivity index (χ2v) is 4.31. The maximum atomic E-state index is 11.2. The summed E-state index contributed by atoms with van der Waals surface area (Å²) in [7, 11) is 0. The van der Waals surface area contributed by atoms with Gasteiger partial charge in [0.15, 0.2) is 5.78 Å². The predicted molar refractivity (Wildman–Crippen MR) is 55.8 cm³/mol. The highest BCUT2D eigenvalue weighted by Crippen LogP contribution is 2.39. The Balaban J connectivity index is 2.05. The van der Waals surface area contributed by atoms with Gasteiger partial charge < -0.3 is 10.1 Å². The van der Waals surface area contributed by atoms with Crippen molar-refractivity contribution in [2.75, 3.05) is 13.1 Å². The van der Waals surface area contributed by atoms with Crippen LogP contribution in [0.4, 0.5) is 0 Å². The van der Waals surface area contributed by atoms with Crippen LogP contribution < -0.4 is 5.32 Å². The second kappa shape index (κ2) is 2.90. The lowest BCUT2D eigenvalue weighted by molar-refractivity contribution is -0.0746. The van der Waals surface area contributed by atoms with E-state index in [4.69, 9.17) is 4.74 Å². The van der Waals surface area contributed by atoms with E-state index in [0.717, 1.165) is 18.7 Å². The van der Waals surface area contributed by atoms with Crippen LogP contribution in [0.3, 0.4) is 0 Å². The van der Waals surface area contributed by atoms with Crippen LogP contribution in [0.5, 0.6) is 0 Å². The Labute approximate surface area is 88.4 Å². The molecule has 0 unspecified atom stereocenters. The quantitative estimate of drug-likeness (QED) is 0.697. The Morgan fingerprint density at radius 3 is 2.87 bits per heavy atom. The SMILES string of the molecule is CC(=O)c1ccc2c(c1)COC21CNC1. The minimum absolute atomic E-state index is 0.0926. The minimum Gasteiger partial charge on any atom is -0.363 e. The molecule has 1 saturated heterocycles. The van der Waals surface area contributed by atoms with Crippen LogP contribution >= 0.6 is 0 Å². The van der Waals surface area contributed by atoms with Crippen LogP contribution in [0.1, 0.15) is 28.4 Å². The van der Waals surface area contributed by atoms with Gasteiger partial charge in [0.25, 0.3) is 0 Å². The van der Waals surface area contributed by atoms with Crippen molar-refractivity contribution in [2.24, 2.45) is 0 Å². The van der Waals surface area contributed by atoms with Gasteiger partial charge in [0.05, 0.1) is 6.61 Å². The van der Waals surface area contributed by atoms with Gasteiger partial charge in [-0.3, -0.25) is 4.79 Å². The lowest BCUT2D eigenvalue weighted by Crippen LogP contribution is -2.56. The standard InChI is InChI=1S/C12H13NO2/c1-8(14)9-2-3-11-10(4-9)5-15-12(11)6-13-7-12/h2-4,13H,5-7H2,1H3. The van der Waals surface area contributed by atoms with Crippen LogP contribution in [-0.4, -0.2) is 18.9 Å². The van der Waals surface area contributed by atoms with Crippen molar-refractivity contribution in [1.82, 2.24) is 5.32 Å². The van der Waals surface area contributed by atoms with Crippen LogP contribution in [0.25, 0.3) is 0 Å². The molecule has 3 nitrogen and oxygen atoms in total. The summed E-state index contributed by atoms with van der Waals surface area (Å²) in [5.74, 6) is 0.116. The zero-order valence-electron chi connectivity index (χ0n) is 8.67. The average molecular weight is 203 g/mol. The summed E-state index contributed by atoms with van der Waals surface area (Å²) in [5, 5.41) is 3.23. The highest BCUT2D eigenvalue weighted by molar-refractivity contribution is 5.94. The maximum Gasteiger partial charge on any atom is 0.159 e. The monoisotopic (exact) mass is 203 g/mol. The molecule has 0 radical (unpaired) electrons. The van der Waals surface area contributed by atoms with Crippen LogP contribution in [0, 0.1) is 0 Å². The highest BCUT2D eigenvalue weighted by Gasteiger charge is 2.45. The van der Waals surface area contributed by atoms with Gasteiger partial charge in [-0.2, -0.15) is 0 Å². The molecule has 2 heterocycles. The van der Waals surface area contributed by atoms with Crippen molar-refractivity contribution in [1.29, 1.82) is 0 Å². The Bertz CT molecular complexity index is 435.